The summed E-state index contributed by atoms with van der Waals surface area (Å²) in [7, 11) is 3.43. The average Bonchev–Trinajstić information content (AvgIpc) is 2.45. The summed E-state index contributed by atoms with van der Waals surface area (Å²) in [5, 5.41) is 1.33. The van der Waals surface area contributed by atoms with Gasteiger partial charge in [-0.2, -0.15) is 0 Å². The summed E-state index contributed by atoms with van der Waals surface area (Å²) in [6.07, 6.45) is 0.816. The van der Waals surface area contributed by atoms with Crippen LogP contribution in [0.1, 0.15) is 21.6 Å². The third-order valence-corrected chi connectivity index (χ3v) is 4.01. The molecule has 0 atom stereocenters. The Morgan fingerprint density at radius 3 is 3.00 bits per heavy atom. The lowest BCUT2D eigenvalue weighted by molar-refractivity contribution is 0.0600. The average molecular weight is 291 g/mol. The molecule has 1 aromatic heterocycles. The van der Waals surface area contributed by atoms with E-state index in [1.165, 1.54) is 7.11 Å². The van der Waals surface area contributed by atoms with Crippen LogP contribution in [0.3, 0.4) is 0 Å². The molecule has 0 amide bonds. The Bertz CT molecular complexity index is 700. The number of carbonyl (C=O) groups excluding carboxylic acids is 1. The number of aromatic nitrogens is 1. The van der Waals surface area contributed by atoms with Crippen LogP contribution in [0.5, 0.6) is 0 Å². The molecule has 0 aliphatic carbocycles. The molecule has 4 nitrogen and oxygen atoms in total. The number of methoxy groups -OCH3 is 1. The Balaban J connectivity index is 2.37. The fourth-order valence-corrected chi connectivity index (χ4v) is 2.91. The van der Waals surface area contributed by atoms with E-state index in [1.807, 2.05) is 19.2 Å². The van der Waals surface area contributed by atoms with E-state index in [4.69, 9.17) is 16.3 Å². The molecule has 3 rings (SSSR count). The molecule has 1 aromatic carbocycles. The summed E-state index contributed by atoms with van der Waals surface area (Å²) in [5.41, 5.74) is 3.18. The second kappa shape index (κ2) is 5.04. The van der Waals surface area contributed by atoms with Gasteiger partial charge in [0.05, 0.1) is 23.2 Å². The zero-order valence-electron chi connectivity index (χ0n) is 11.4. The van der Waals surface area contributed by atoms with E-state index in [9.17, 15) is 4.79 Å². The second-order valence-electron chi connectivity index (χ2n) is 5.03. The van der Waals surface area contributed by atoms with Gasteiger partial charge in [0.2, 0.25) is 0 Å². The number of para-hydroxylation sites is 1. The van der Waals surface area contributed by atoms with Crippen molar-refractivity contribution in [2.24, 2.45) is 0 Å². The highest BCUT2D eigenvalue weighted by molar-refractivity contribution is 6.35. The maximum Gasteiger partial charge on any atom is 0.338 e. The number of esters is 1. The predicted molar refractivity (Wildman–Crippen MR) is 78.1 cm³/mol. The van der Waals surface area contributed by atoms with E-state index in [0.717, 1.165) is 29.6 Å². The van der Waals surface area contributed by atoms with Crippen LogP contribution >= 0.6 is 11.6 Å². The van der Waals surface area contributed by atoms with Crippen molar-refractivity contribution in [2.75, 3.05) is 20.7 Å². The zero-order chi connectivity index (χ0) is 14.3. The van der Waals surface area contributed by atoms with Crippen LogP contribution in [-0.4, -0.2) is 36.6 Å². The van der Waals surface area contributed by atoms with Gasteiger partial charge in [-0.25, -0.2) is 4.79 Å². The second-order valence-corrected chi connectivity index (χ2v) is 5.43. The molecular weight excluding hydrogens is 276 g/mol. The Hall–Kier alpha value is -1.65. The molecule has 20 heavy (non-hydrogen) atoms. The number of nitrogens with zero attached hydrogens (tertiary/aromatic N) is 2. The predicted octanol–water partition coefficient (Wildman–Crippen LogP) is 2.66. The van der Waals surface area contributed by atoms with E-state index in [1.54, 1.807) is 6.07 Å². The van der Waals surface area contributed by atoms with E-state index in [2.05, 4.69) is 9.88 Å². The Morgan fingerprint density at radius 2 is 2.25 bits per heavy atom. The Labute approximate surface area is 122 Å². The van der Waals surface area contributed by atoms with Gasteiger partial charge >= 0.3 is 5.97 Å². The van der Waals surface area contributed by atoms with E-state index < -0.39 is 0 Å². The third-order valence-electron chi connectivity index (χ3n) is 3.70. The molecule has 0 unspecified atom stereocenters. The molecule has 104 valence electrons. The van der Waals surface area contributed by atoms with Crippen molar-refractivity contribution in [1.29, 1.82) is 0 Å². The quantitative estimate of drug-likeness (QED) is 0.757. The van der Waals surface area contributed by atoms with E-state index >= 15 is 0 Å². The first-order valence-corrected chi connectivity index (χ1v) is 6.86. The number of likely N-dealkylation sites (N-methyl/N-ethyl adjacent to an activating group) is 1. The van der Waals surface area contributed by atoms with E-state index in [-0.39, 0.29) is 5.97 Å². The summed E-state index contributed by atoms with van der Waals surface area (Å²) >= 11 is 6.22. The van der Waals surface area contributed by atoms with Gasteiger partial charge in [0.15, 0.2) is 0 Å². The molecule has 0 spiro atoms. The van der Waals surface area contributed by atoms with Gasteiger partial charge in [-0.05, 0) is 13.1 Å². The first kappa shape index (κ1) is 13.3. The smallest absolute Gasteiger partial charge is 0.338 e. The lowest BCUT2D eigenvalue weighted by Gasteiger charge is -2.26. The molecule has 1 aliphatic heterocycles. The van der Waals surface area contributed by atoms with Gasteiger partial charge in [-0.15, -0.1) is 0 Å². The molecule has 0 N–H and O–H groups in total. The van der Waals surface area contributed by atoms with Gasteiger partial charge in [0.25, 0.3) is 0 Å². The molecule has 0 saturated heterocycles. The van der Waals surface area contributed by atoms with Crippen LogP contribution < -0.4 is 0 Å². The normalized spacial score (nSPS) is 15.2. The summed E-state index contributed by atoms with van der Waals surface area (Å²) in [4.78, 5) is 19.0. The number of pyridine rings is 1. The van der Waals surface area contributed by atoms with Gasteiger partial charge in [0.1, 0.15) is 0 Å². The van der Waals surface area contributed by atoms with Crippen molar-refractivity contribution in [1.82, 2.24) is 9.88 Å². The van der Waals surface area contributed by atoms with Crippen LogP contribution in [0.4, 0.5) is 0 Å². The summed E-state index contributed by atoms with van der Waals surface area (Å²) in [6, 6.07) is 5.49. The highest BCUT2D eigenvalue weighted by atomic mass is 35.5. The van der Waals surface area contributed by atoms with Crippen molar-refractivity contribution in [2.45, 2.75) is 13.0 Å². The third kappa shape index (κ3) is 2.05. The van der Waals surface area contributed by atoms with Gasteiger partial charge in [0, 0.05) is 36.2 Å². The van der Waals surface area contributed by atoms with Crippen LogP contribution in [0.2, 0.25) is 5.02 Å². The Kier molecular flexibility index (Phi) is 3.36. The maximum atomic E-state index is 12.2. The molecule has 2 aromatic rings. The fourth-order valence-electron chi connectivity index (χ4n) is 2.70. The number of ether oxygens (including phenoxy) is 1. The van der Waals surface area contributed by atoms with Gasteiger partial charge in [-0.1, -0.05) is 23.7 Å². The first-order chi connectivity index (χ1) is 9.61. The monoisotopic (exact) mass is 290 g/mol. The number of hydrogen-bond donors (Lipinski definition) is 0. The number of benzene rings is 1. The molecular formula is C15H15ClN2O2. The summed E-state index contributed by atoms with van der Waals surface area (Å²) < 4.78 is 4.96. The number of carbonyl (C=O) groups is 1. The van der Waals surface area contributed by atoms with Crippen molar-refractivity contribution in [3.63, 3.8) is 0 Å². The SMILES string of the molecule is COC(=O)c1c2c(nc3c(Cl)cccc13)CCN(C)C2. The number of halogens is 1. The summed E-state index contributed by atoms with van der Waals surface area (Å²) in [5.74, 6) is -0.328. The van der Waals surface area contributed by atoms with Crippen molar-refractivity contribution in [3.8, 4) is 0 Å². The number of rotatable bonds is 1. The molecule has 0 fully saturated rings. The highest BCUT2D eigenvalue weighted by Gasteiger charge is 2.25. The minimum atomic E-state index is -0.328. The lowest BCUT2D eigenvalue weighted by atomic mass is 9.96. The Morgan fingerprint density at radius 1 is 1.45 bits per heavy atom. The van der Waals surface area contributed by atoms with Crippen LogP contribution in [0.15, 0.2) is 18.2 Å². The van der Waals surface area contributed by atoms with Crippen molar-refractivity contribution < 1.29 is 9.53 Å². The van der Waals surface area contributed by atoms with E-state index in [0.29, 0.717) is 22.6 Å². The van der Waals surface area contributed by atoms with Gasteiger partial charge in [-0.3, -0.25) is 4.98 Å². The van der Waals surface area contributed by atoms with Crippen LogP contribution in [-0.2, 0) is 17.7 Å². The molecule has 0 saturated carbocycles. The molecule has 5 heteroatoms. The number of fused-ring (bicyclic) bond motifs is 2. The maximum absolute atomic E-state index is 12.2. The topological polar surface area (TPSA) is 42.4 Å². The van der Waals surface area contributed by atoms with Crippen molar-refractivity contribution in [3.05, 3.63) is 40.0 Å². The summed E-state index contributed by atoms with van der Waals surface area (Å²) in [6.45, 7) is 1.63. The standard InChI is InChI=1S/C15H15ClN2O2/c1-18-7-6-12-10(8-18)13(15(19)20-2)9-4-3-5-11(16)14(9)17-12/h3-5H,6-8H2,1-2H3. The molecule has 2 heterocycles. The molecule has 0 bridgehead atoms. The zero-order valence-corrected chi connectivity index (χ0v) is 12.2. The lowest BCUT2D eigenvalue weighted by Crippen LogP contribution is -2.29. The number of hydrogen-bond acceptors (Lipinski definition) is 4. The van der Waals surface area contributed by atoms with Crippen LogP contribution in [0.25, 0.3) is 10.9 Å². The van der Waals surface area contributed by atoms with Crippen LogP contribution in [0, 0.1) is 0 Å². The first-order valence-electron chi connectivity index (χ1n) is 6.48. The minimum Gasteiger partial charge on any atom is -0.465 e. The minimum absolute atomic E-state index is 0.328. The largest absolute Gasteiger partial charge is 0.465 e. The van der Waals surface area contributed by atoms with Crippen molar-refractivity contribution >= 4 is 28.5 Å². The highest BCUT2D eigenvalue weighted by Crippen LogP contribution is 2.31. The fraction of sp³-hybridized carbons (Fsp3) is 0.333. The molecule has 0 radical (unpaired) electrons. The molecule has 1 aliphatic rings. The van der Waals surface area contributed by atoms with Gasteiger partial charge < -0.3 is 9.64 Å².